The van der Waals surface area contributed by atoms with Crippen LogP contribution in [-0.2, 0) is 11.4 Å². The maximum Gasteiger partial charge on any atom is 0.303 e. The summed E-state index contributed by atoms with van der Waals surface area (Å²) < 4.78 is 0. The lowest BCUT2D eigenvalue weighted by molar-refractivity contribution is -0.137. The Morgan fingerprint density at radius 3 is 2.59 bits per heavy atom. The summed E-state index contributed by atoms with van der Waals surface area (Å²) in [6.07, 6.45) is 2.21. The first kappa shape index (κ1) is 11.9. The second-order valence-electron chi connectivity index (χ2n) is 4.59. The normalized spacial score (nSPS) is 16.8. The SMILES string of the molecule is O=C(O)C[C@H](c1ccc(CO)c(O)c1)C1CC1. The summed E-state index contributed by atoms with van der Waals surface area (Å²) in [5.41, 5.74) is 1.32. The van der Waals surface area contributed by atoms with Gasteiger partial charge >= 0.3 is 5.97 Å². The van der Waals surface area contributed by atoms with E-state index in [1.165, 1.54) is 0 Å². The molecule has 4 heteroatoms. The maximum absolute atomic E-state index is 10.8. The van der Waals surface area contributed by atoms with Gasteiger partial charge in [-0.15, -0.1) is 0 Å². The number of carbonyl (C=O) groups is 1. The molecule has 17 heavy (non-hydrogen) atoms. The number of aliphatic carboxylic acids is 1. The van der Waals surface area contributed by atoms with Gasteiger partial charge in [-0.1, -0.05) is 12.1 Å². The van der Waals surface area contributed by atoms with E-state index in [1.807, 2.05) is 0 Å². The number of hydrogen-bond donors (Lipinski definition) is 3. The number of aliphatic hydroxyl groups excluding tert-OH is 1. The Kier molecular flexibility index (Phi) is 3.33. The molecule has 0 saturated heterocycles. The monoisotopic (exact) mass is 236 g/mol. The molecule has 1 fully saturated rings. The molecule has 4 nitrogen and oxygen atoms in total. The molecule has 1 aliphatic carbocycles. The molecule has 2 rings (SSSR count). The van der Waals surface area contributed by atoms with E-state index in [1.54, 1.807) is 18.2 Å². The number of rotatable bonds is 5. The van der Waals surface area contributed by atoms with Crippen LogP contribution in [-0.4, -0.2) is 21.3 Å². The second-order valence-corrected chi connectivity index (χ2v) is 4.59. The first-order chi connectivity index (χ1) is 8.11. The quantitative estimate of drug-likeness (QED) is 0.729. The van der Waals surface area contributed by atoms with Crippen molar-refractivity contribution in [2.75, 3.05) is 0 Å². The zero-order valence-electron chi connectivity index (χ0n) is 9.47. The minimum absolute atomic E-state index is 0.0221. The van der Waals surface area contributed by atoms with Gasteiger partial charge in [0.15, 0.2) is 0 Å². The second kappa shape index (κ2) is 4.75. The molecule has 1 saturated carbocycles. The minimum atomic E-state index is -0.812. The zero-order valence-corrected chi connectivity index (χ0v) is 9.47. The predicted molar refractivity (Wildman–Crippen MR) is 61.7 cm³/mol. The van der Waals surface area contributed by atoms with Gasteiger partial charge in [0.05, 0.1) is 13.0 Å². The molecular weight excluding hydrogens is 220 g/mol. The molecule has 3 N–H and O–H groups in total. The average molecular weight is 236 g/mol. The highest BCUT2D eigenvalue weighted by Crippen LogP contribution is 2.45. The minimum Gasteiger partial charge on any atom is -0.508 e. The van der Waals surface area contributed by atoms with E-state index in [9.17, 15) is 9.90 Å². The van der Waals surface area contributed by atoms with Crippen molar-refractivity contribution in [1.82, 2.24) is 0 Å². The lowest BCUT2D eigenvalue weighted by atomic mass is 9.90. The Morgan fingerprint density at radius 2 is 2.12 bits per heavy atom. The number of benzene rings is 1. The van der Waals surface area contributed by atoms with Crippen LogP contribution in [0, 0.1) is 5.92 Å². The Labute approximate surface area is 99.5 Å². The molecule has 0 bridgehead atoms. The van der Waals surface area contributed by atoms with E-state index in [4.69, 9.17) is 10.2 Å². The molecule has 92 valence electrons. The first-order valence-electron chi connectivity index (χ1n) is 5.76. The molecule has 0 aliphatic heterocycles. The highest BCUT2D eigenvalue weighted by atomic mass is 16.4. The van der Waals surface area contributed by atoms with Crippen molar-refractivity contribution in [2.45, 2.75) is 31.8 Å². The molecule has 0 radical (unpaired) electrons. The van der Waals surface area contributed by atoms with Crippen LogP contribution in [0.3, 0.4) is 0 Å². The van der Waals surface area contributed by atoms with Gasteiger partial charge in [-0.3, -0.25) is 4.79 Å². The lowest BCUT2D eigenvalue weighted by Crippen LogP contribution is -2.08. The summed E-state index contributed by atoms with van der Waals surface area (Å²) in [4.78, 5) is 10.8. The van der Waals surface area contributed by atoms with E-state index < -0.39 is 5.97 Å². The fraction of sp³-hybridized carbons (Fsp3) is 0.462. The van der Waals surface area contributed by atoms with Crippen LogP contribution in [0.2, 0.25) is 0 Å². The molecule has 1 aliphatic rings. The zero-order chi connectivity index (χ0) is 12.4. The van der Waals surface area contributed by atoms with Crippen LogP contribution < -0.4 is 0 Å². The number of phenols is 1. The van der Waals surface area contributed by atoms with Gasteiger partial charge in [0.1, 0.15) is 5.75 Å². The number of aliphatic hydroxyl groups is 1. The maximum atomic E-state index is 10.8. The largest absolute Gasteiger partial charge is 0.508 e. The van der Waals surface area contributed by atoms with Gasteiger partial charge in [0, 0.05) is 5.56 Å². The molecular formula is C13H16O4. The smallest absolute Gasteiger partial charge is 0.303 e. The van der Waals surface area contributed by atoms with Crippen LogP contribution in [0.25, 0.3) is 0 Å². The summed E-state index contributed by atoms with van der Waals surface area (Å²) in [5.74, 6) is -0.370. The van der Waals surface area contributed by atoms with Crippen molar-refractivity contribution in [3.05, 3.63) is 29.3 Å². The lowest BCUT2D eigenvalue weighted by Gasteiger charge is -2.15. The van der Waals surface area contributed by atoms with E-state index in [0.29, 0.717) is 11.5 Å². The molecule has 0 amide bonds. The van der Waals surface area contributed by atoms with Crippen molar-refractivity contribution < 1.29 is 20.1 Å². The Hall–Kier alpha value is -1.55. The summed E-state index contributed by atoms with van der Waals surface area (Å²) in [7, 11) is 0. The van der Waals surface area contributed by atoms with Crippen LogP contribution in [0.15, 0.2) is 18.2 Å². The van der Waals surface area contributed by atoms with Crippen molar-refractivity contribution in [3.63, 3.8) is 0 Å². The van der Waals surface area contributed by atoms with E-state index in [2.05, 4.69) is 0 Å². The molecule has 0 heterocycles. The highest BCUT2D eigenvalue weighted by molar-refractivity contribution is 5.68. The first-order valence-corrected chi connectivity index (χ1v) is 5.76. The summed E-state index contributed by atoms with van der Waals surface area (Å²) >= 11 is 0. The predicted octanol–water partition coefficient (Wildman–Crippen LogP) is 1.85. The summed E-state index contributed by atoms with van der Waals surface area (Å²) in [6, 6.07) is 5.04. The van der Waals surface area contributed by atoms with Crippen molar-refractivity contribution >= 4 is 5.97 Å². The van der Waals surface area contributed by atoms with E-state index in [-0.39, 0.29) is 24.7 Å². The van der Waals surface area contributed by atoms with Crippen LogP contribution >= 0.6 is 0 Å². The van der Waals surface area contributed by atoms with Crippen LogP contribution in [0.5, 0.6) is 5.75 Å². The van der Waals surface area contributed by atoms with Crippen LogP contribution in [0.1, 0.15) is 36.3 Å². The van der Waals surface area contributed by atoms with E-state index in [0.717, 1.165) is 18.4 Å². The highest BCUT2D eigenvalue weighted by Gasteiger charge is 2.33. The summed E-state index contributed by atoms with van der Waals surface area (Å²) in [6.45, 7) is -0.209. The number of hydrogen-bond acceptors (Lipinski definition) is 3. The average Bonchev–Trinajstić information content (AvgIpc) is 3.09. The van der Waals surface area contributed by atoms with Crippen molar-refractivity contribution in [2.24, 2.45) is 5.92 Å². The van der Waals surface area contributed by atoms with Gasteiger partial charge in [-0.25, -0.2) is 0 Å². The molecule has 0 unspecified atom stereocenters. The third-order valence-electron chi connectivity index (χ3n) is 3.29. The molecule has 1 aromatic carbocycles. The number of aromatic hydroxyl groups is 1. The number of carboxylic acids is 1. The standard InChI is InChI=1S/C13H16O4/c14-7-10-4-3-9(5-12(10)15)11(6-13(16)17)8-1-2-8/h3-5,8,11,14-15H,1-2,6-7H2,(H,16,17)/t11-/m0/s1. The van der Waals surface area contributed by atoms with Gasteiger partial charge < -0.3 is 15.3 Å². The van der Waals surface area contributed by atoms with Crippen molar-refractivity contribution in [1.29, 1.82) is 0 Å². The molecule has 0 spiro atoms. The van der Waals surface area contributed by atoms with Gasteiger partial charge in [-0.2, -0.15) is 0 Å². The Morgan fingerprint density at radius 1 is 1.41 bits per heavy atom. The molecule has 1 atom stereocenters. The third kappa shape index (κ3) is 2.77. The number of carboxylic acid groups (broad SMARTS) is 1. The fourth-order valence-electron chi connectivity index (χ4n) is 2.19. The third-order valence-corrected chi connectivity index (χ3v) is 3.29. The van der Waals surface area contributed by atoms with Gasteiger partial charge in [0.25, 0.3) is 0 Å². The van der Waals surface area contributed by atoms with E-state index >= 15 is 0 Å². The van der Waals surface area contributed by atoms with Crippen molar-refractivity contribution in [3.8, 4) is 5.75 Å². The van der Waals surface area contributed by atoms with Crippen LogP contribution in [0.4, 0.5) is 0 Å². The van der Waals surface area contributed by atoms with Gasteiger partial charge in [-0.05, 0) is 36.3 Å². The molecule has 1 aromatic rings. The molecule has 0 aromatic heterocycles. The Balaban J connectivity index is 2.23. The topological polar surface area (TPSA) is 77.8 Å². The fourth-order valence-corrected chi connectivity index (χ4v) is 2.19. The van der Waals surface area contributed by atoms with Gasteiger partial charge in [0.2, 0.25) is 0 Å². The Bertz CT molecular complexity index is 423. The summed E-state index contributed by atoms with van der Waals surface area (Å²) in [5, 5.41) is 27.5.